The molecule has 0 bridgehead atoms. The molecule has 0 aromatic carbocycles. The Hall–Kier alpha value is -1.27. The van der Waals surface area contributed by atoms with Crippen LogP contribution in [0.2, 0.25) is 0 Å². The Morgan fingerprint density at radius 3 is 2.95 bits per heavy atom. The van der Waals surface area contributed by atoms with Gasteiger partial charge in [-0.15, -0.1) is 11.3 Å². The standard InChI is InChI=1S/C13H13BrN2O2S/c14-8-3-11(19-7-8)6-18-13(17)12-4-9(15)5-16(12)10-1-2-10/h3-5,7,10H,1-2,6,15H2. The molecule has 3 rings (SSSR count). The van der Waals surface area contributed by atoms with Crippen molar-refractivity contribution in [1.29, 1.82) is 0 Å². The first kappa shape index (κ1) is 12.7. The number of nitrogens with two attached hydrogens (primary N) is 1. The molecule has 1 fully saturated rings. The predicted molar refractivity (Wildman–Crippen MR) is 78.3 cm³/mol. The lowest BCUT2D eigenvalue weighted by Crippen LogP contribution is -2.10. The highest BCUT2D eigenvalue weighted by molar-refractivity contribution is 9.10. The first-order chi connectivity index (χ1) is 9.13. The van der Waals surface area contributed by atoms with Gasteiger partial charge in [0.15, 0.2) is 0 Å². The van der Waals surface area contributed by atoms with Gasteiger partial charge in [-0.05, 0) is 40.9 Å². The zero-order valence-corrected chi connectivity index (χ0v) is 12.5. The van der Waals surface area contributed by atoms with E-state index in [-0.39, 0.29) is 5.97 Å². The highest BCUT2D eigenvalue weighted by atomic mass is 79.9. The Bertz CT molecular complexity index is 616. The Morgan fingerprint density at radius 1 is 1.53 bits per heavy atom. The molecule has 0 amide bonds. The van der Waals surface area contributed by atoms with Gasteiger partial charge in [0.05, 0.1) is 5.69 Å². The smallest absolute Gasteiger partial charge is 0.355 e. The molecule has 2 aromatic heterocycles. The first-order valence-corrected chi connectivity index (χ1v) is 7.68. The van der Waals surface area contributed by atoms with Crippen molar-refractivity contribution in [3.63, 3.8) is 0 Å². The number of hydrogen-bond donors (Lipinski definition) is 1. The van der Waals surface area contributed by atoms with Gasteiger partial charge in [0.1, 0.15) is 12.3 Å². The molecular weight excluding hydrogens is 328 g/mol. The maximum Gasteiger partial charge on any atom is 0.355 e. The van der Waals surface area contributed by atoms with Crippen molar-refractivity contribution in [2.24, 2.45) is 0 Å². The lowest BCUT2D eigenvalue weighted by molar-refractivity contribution is 0.0464. The van der Waals surface area contributed by atoms with E-state index in [0.717, 1.165) is 22.2 Å². The van der Waals surface area contributed by atoms with E-state index in [1.165, 1.54) is 0 Å². The summed E-state index contributed by atoms with van der Waals surface area (Å²) >= 11 is 4.93. The van der Waals surface area contributed by atoms with Crippen LogP contribution in [-0.4, -0.2) is 10.5 Å². The fourth-order valence-corrected chi connectivity index (χ4v) is 3.32. The van der Waals surface area contributed by atoms with Crippen LogP contribution in [0.15, 0.2) is 28.2 Å². The topological polar surface area (TPSA) is 57.3 Å². The number of esters is 1. The van der Waals surface area contributed by atoms with Gasteiger partial charge in [-0.3, -0.25) is 0 Å². The summed E-state index contributed by atoms with van der Waals surface area (Å²) in [6, 6.07) is 4.05. The first-order valence-electron chi connectivity index (χ1n) is 6.01. The van der Waals surface area contributed by atoms with Crippen LogP contribution >= 0.6 is 27.3 Å². The second-order valence-corrected chi connectivity index (χ2v) is 6.52. The van der Waals surface area contributed by atoms with Crippen molar-refractivity contribution in [2.75, 3.05) is 5.73 Å². The van der Waals surface area contributed by atoms with Gasteiger partial charge < -0.3 is 15.0 Å². The number of ether oxygens (including phenoxy) is 1. The Morgan fingerprint density at radius 2 is 2.32 bits per heavy atom. The van der Waals surface area contributed by atoms with Crippen molar-refractivity contribution >= 4 is 38.9 Å². The molecule has 2 aromatic rings. The minimum atomic E-state index is -0.312. The number of hydrogen-bond acceptors (Lipinski definition) is 4. The summed E-state index contributed by atoms with van der Waals surface area (Å²) in [4.78, 5) is 13.1. The molecule has 0 spiro atoms. The number of carbonyl (C=O) groups is 1. The van der Waals surface area contributed by atoms with Crippen molar-refractivity contribution in [2.45, 2.75) is 25.5 Å². The third-order valence-corrected chi connectivity index (χ3v) is 4.66. The second kappa shape index (κ2) is 5.02. The number of nitrogen functional groups attached to an aromatic ring is 1. The molecule has 6 heteroatoms. The summed E-state index contributed by atoms with van der Waals surface area (Å²) in [5, 5.41) is 1.97. The minimum absolute atomic E-state index is 0.296. The Kier molecular flexibility index (Phi) is 3.36. The van der Waals surface area contributed by atoms with Gasteiger partial charge in [-0.1, -0.05) is 0 Å². The van der Waals surface area contributed by atoms with E-state index in [2.05, 4.69) is 15.9 Å². The van der Waals surface area contributed by atoms with E-state index in [0.29, 0.717) is 24.0 Å². The highest BCUT2D eigenvalue weighted by Gasteiger charge is 2.28. The van der Waals surface area contributed by atoms with Crippen LogP contribution in [0.5, 0.6) is 0 Å². The molecule has 2 heterocycles. The normalized spacial score (nSPS) is 14.6. The van der Waals surface area contributed by atoms with Crippen LogP contribution in [0.1, 0.15) is 34.2 Å². The number of nitrogens with zero attached hydrogens (tertiary/aromatic N) is 1. The van der Waals surface area contributed by atoms with Gasteiger partial charge >= 0.3 is 5.97 Å². The highest BCUT2D eigenvalue weighted by Crippen LogP contribution is 2.37. The molecule has 19 heavy (non-hydrogen) atoms. The summed E-state index contributed by atoms with van der Waals surface area (Å²) in [5.74, 6) is -0.312. The second-order valence-electron chi connectivity index (χ2n) is 4.60. The molecule has 2 N–H and O–H groups in total. The van der Waals surface area contributed by atoms with E-state index in [1.54, 1.807) is 17.4 Å². The van der Waals surface area contributed by atoms with E-state index in [1.807, 2.05) is 22.2 Å². The van der Waals surface area contributed by atoms with Gasteiger partial charge in [0, 0.05) is 27.0 Å². The number of thiophene rings is 1. The summed E-state index contributed by atoms with van der Waals surface area (Å²) in [6.07, 6.45) is 4.02. The quantitative estimate of drug-likeness (QED) is 0.865. The van der Waals surface area contributed by atoms with Gasteiger partial charge in [0.2, 0.25) is 0 Å². The molecule has 1 saturated carbocycles. The van der Waals surface area contributed by atoms with E-state index >= 15 is 0 Å². The number of aromatic nitrogens is 1. The van der Waals surface area contributed by atoms with Crippen LogP contribution in [0.25, 0.3) is 0 Å². The molecular formula is C13H13BrN2O2S. The maximum atomic E-state index is 12.1. The van der Waals surface area contributed by atoms with E-state index in [4.69, 9.17) is 10.5 Å². The molecule has 0 aliphatic heterocycles. The monoisotopic (exact) mass is 340 g/mol. The molecule has 0 atom stereocenters. The fourth-order valence-electron chi connectivity index (χ4n) is 1.96. The van der Waals surface area contributed by atoms with E-state index in [9.17, 15) is 4.79 Å². The largest absolute Gasteiger partial charge is 0.455 e. The molecule has 0 unspecified atom stereocenters. The van der Waals surface area contributed by atoms with E-state index < -0.39 is 0 Å². The van der Waals surface area contributed by atoms with Crippen LogP contribution in [0.4, 0.5) is 5.69 Å². The van der Waals surface area contributed by atoms with Crippen LogP contribution in [0, 0.1) is 0 Å². The molecule has 0 radical (unpaired) electrons. The summed E-state index contributed by atoms with van der Waals surface area (Å²) in [7, 11) is 0. The zero-order chi connectivity index (χ0) is 13.4. The van der Waals surface area contributed by atoms with Crippen molar-refractivity contribution in [1.82, 2.24) is 4.57 Å². The lowest BCUT2D eigenvalue weighted by Gasteiger charge is -2.07. The predicted octanol–water partition coefficient (Wildman–Crippen LogP) is 3.59. The average molecular weight is 341 g/mol. The number of carbonyl (C=O) groups excluding carboxylic acids is 1. The molecule has 1 aliphatic carbocycles. The Labute approximate surface area is 123 Å². The molecule has 4 nitrogen and oxygen atoms in total. The third kappa shape index (κ3) is 2.84. The lowest BCUT2D eigenvalue weighted by atomic mass is 10.4. The number of anilines is 1. The molecule has 100 valence electrons. The van der Waals surface area contributed by atoms with Crippen molar-refractivity contribution in [3.8, 4) is 0 Å². The van der Waals surface area contributed by atoms with Crippen molar-refractivity contribution < 1.29 is 9.53 Å². The molecule has 0 saturated heterocycles. The van der Waals surface area contributed by atoms with Crippen LogP contribution < -0.4 is 5.73 Å². The fraction of sp³-hybridized carbons (Fsp3) is 0.308. The average Bonchev–Trinajstić information content (AvgIpc) is 3.03. The minimum Gasteiger partial charge on any atom is -0.455 e. The molecule has 1 aliphatic rings. The van der Waals surface area contributed by atoms with Gasteiger partial charge in [-0.25, -0.2) is 4.79 Å². The number of rotatable bonds is 4. The van der Waals surface area contributed by atoms with Crippen LogP contribution in [-0.2, 0) is 11.3 Å². The number of halogens is 1. The summed E-state index contributed by atoms with van der Waals surface area (Å²) in [6.45, 7) is 0.296. The van der Waals surface area contributed by atoms with Gasteiger partial charge in [-0.2, -0.15) is 0 Å². The third-order valence-electron chi connectivity index (χ3n) is 2.99. The van der Waals surface area contributed by atoms with Crippen LogP contribution in [0.3, 0.4) is 0 Å². The summed E-state index contributed by atoms with van der Waals surface area (Å²) in [5.41, 5.74) is 6.92. The maximum absolute atomic E-state index is 12.1. The zero-order valence-electron chi connectivity index (χ0n) is 10.1. The Balaban J connectivity index is 1.70. The van der Waals surface area contributed by atoms with Gasteiger partial charge in [0.25, 0.3) is 0 Å². The summed E-state index contributed by atoms with van der Waals surface area (Å²) < 4.78 is 8.27. The van der Waals surface area contributed by atoms with Crippen molar-refractivity contribution in [3.05, 3.63) is 38.8 Å². The SMILES string of the molecule is Nc1cc(C(=O)OCc2cc(Br)cs2)n(C2CC2)c1.